The van der Waals surface area contributed by atoms with Crippen LogP contribution >= 0.6 is 0 Å². The summed E-state index contributed by atoms with van der Waals surface area (Å²) < 4.78 is 0. The first kappa shape index (κ1) is 51.3. The van der Waals surface area contributed by atoms with E-state index in [1.54, 1.807) is 0 Å². The van der Waals surface area contributed by atoms with Gasteiger partial charge in [0.1, 0.15) is 0 Å². The minimum Gasteiger partial charge on any atom is -1.00 e. The molecule has 0 fully saturated rings. The Kier molecular flexibility index (Phi) is 84.4. The predicted molar refractivity (Wildman–Crippen MR) is 96.9 cm³/mol. The Morgan fingerprint density at radius 2 is 0.571 bits per heavy atom. The molecule has 0 atom stereocenters. The Balaban J connectivity index is -0.0000000303. The molecule has 0 aromatic carbocycles. The topological polar surface area (TPSA) is 163 Å². The maximum atomic E-state index is 9.71. The zero-order valence-corrected chi connectivity index (χ0v) is 25.1. The van der Waals surface area contributed by atoms with Gasteiger partial charge in [-0.05, 0) is 25.7 Å². The Labute approximate surface area is 229 Å². The van der Waals surface area contributed by atoms with Crippen LogP contribution in [0.2, 0.25) is 0 Å². The van der Waals surface area contributed by atoms with E-state index in [1.165, 1.54) is 0 Å². The van der Waals surface area contributed by atoms with E-state index in [0.29, 0.717) is 25.7 Å². The van der Waals surface area contributed by atoms with E-state index in [0.717, 1.165) is 25.7 Å². The molecule has 0 aliphatic heterocycles. The summed E-state index contributed by atoms with van der Waals surface area (Å²) in [6.07, 6.45) is 4.79. The number of carbonyl (C=O) groups excluding carboxylic acids is 4. The number of carbonyl (C=O) groups is 4. The van der Waals surface area contributed by atoms with E-state index in [1.807, 2.05) is 27.7 Å². The zero-order valence-electron chi connectivity index (χ0n) is 17.0. The van der Waals surface area contributed by atoms with Crippen molar-refractivity contribution < 1.29 is 106 Å². The van der Waals surface area contributed by atoms with Crippen LogP contribution in [0.15, 0.2) is 0 Å². The second-order valence-corrected chi connectivity index (χ2v) is 4.69. The molecular weight excluding hydrogens is 654 g/mol. The van der Waals surface area contributed by atoms with Crippen molar-refractivity contribution >= 4 is 23.6 Å². The zero-order chi connectivity index (χ0) is 20.0. The van der Waals surface area contributed by atoms with Crippen LogP contribution in [0.25, 0.3) is 22.9 Å². The molecule has 0 aliphatic carbocycles. The summed E-state index contributed by atoms with van der Waals surface area (Å²) in [5.74, 6) is -1.84. The van der Waals surface area contributed by atoms with Crippen LogP contribution in [-0.2, 0) is 71.6 Å². The van der Waals surface area contributed by atoms with Gasteiger partial charge < -0.3 is 76.1 Å². The van der Waals surface area contributed by atoms with Crippen molar-refractivity contribution in [3.63, 3.8) is 0 Å². The molecule has 2 radical (unpaired) electrons. The fraction of sp³-hybridized carbons (Fsp3) is 0.750. The minimum atomic E-state index is -0.461. The first-order chi connectivity index (χ1) is 11.1. The van der Waals surface area contributed by atoms with Crippen LogP contribution in [0.4, 0.5) is 0 Å². The standard InChI is InChI=1S/4C4H9NO.2BrH.2Zr/c4*1-2-3-4(5)6;;;;/h4*2-3H2,1H3,(H2,5,6);2*1H;;/q;;;;;;2*+3/p-6. The molecular formula is C16H32Br2N4O4Zr2. The number of nitrogens with one attached hydrogen (secondary N) is 4. The molecule has 0 unspecified atom stereocenters. The summed E-state index contributed by atoms with van der Waals surface area (Å²) in [4.78, 5) is 38.8. The van der Waals surface area contributed by atoms with Gasteiger partial charge in [-0.3, -0.25) is 0 Å². The first-order valence-corrected chi connectivity index (χ1v) is 8.06. The minimum absolute atomic E-state index is 0. The van der Waals surface area contributed by atoms with Crippen molar-refractivity contribution in [3.05, 3.63) is 22.9 Å². The van der Waals surface area contributed by atoms with Crippen molar-refractivity contribution in [1.29, 1.82) is 0 Å². The van der Waals surface area contributed by atoms with Crippen molar-refractivity contribution in [2.75, 3.05) is 0 Å². The molecule has 0 heterocycles. The molecule has 0 bridgehead atoms. The molecule has 0 saturated heterocycles. The van der Waals surface area contributed by atoms with Crippen LogP contribution in [-0.4, -0.2) is 23.6 Å². The number of amides is 4. The third-order valence-electron chi connectivity index (χ3n) is 1.91. The van der Waals surface area contributed by atoms with Crippen LogP contribution in [0.1, 0.15) is 79.1 Å². The average Bonchev–Trinajstić information content (AvgIpc) is 2.39. The largest absolute Gasteiger partial charge is 3.00 e. The normalized spacial score (nSPS) is 7.00. The van der Waals surface area contributed by atoms with Crippen molar-refractivity contribution in [3.8, 4) is 0 Å². The molecule has 0 spiro atoms. The number of hydrogen-bond donors (Lipinski definition) is 0. The molecule has 4 amide bonds. The third kappa shape index (κ3) is 110. The Hall–Kier alpha value is 0.606. The fourth-order valence-corrected chi connectivity index (χ4v) is 0.908. The third-order valence-corrected chi connectivity index (χ3v) is 1.91. The van der Waals surface area contributed by atoms with E-state index < -0.39 is 23.6 Å². The number of hydrogen-bond acceptors (Lipinski definition) is 4. The van der Waals surface area contributed by atoms with Gasteiger partial charge in [0, 0.05) is 23.6 Å². The molecule has 0 saturated carbocycles. The van der Waals surface area contributed by atoms with E-state index >= 15 is 0 Å². The van der Waals surface area contributed by atoms with Crippen molar-refractivity contribution in [2.45, 2.75) is 79.1 Å². The summed E-state index contributed by atoms with van der Waals surface area (Å²) in [6.45, 7) is 7.53. The van der Waals surface area contributed by atoms with E-state index in [2.05, 4.69) is 0 Å². The molecule has 0 aromatic heterocycles. The Morgan fingerprint density at radius 3 is 0.571 bits per heavy atom. The fourth-order valence-electron chi connectivity index (χ4n) is 0.908. The molecule has 162 valence electrons. The second kappa shape index (κ2) is 46.0. The molecule has 0 aliphatic rings. The Morgan fingerprint density at radius 1 is 0.464 bits per heavy atom. The summed E-state index contributed by atoms with van der Waals surface area (Å²) in [7, 11) is 0. The summed E-state index contributed by atoms with van der Waals surface area (Å²) in [5, 5.41) is 0. The quantitative estimate of drug-likeness (QED) is 0.336. The van der Waals surface area contributed by atoms with Crippen molar-refractivity contribution in [2.24, 2.45) is 0 Å². The maximum Gasteiger partial charge on any atom is 3.00 e. The summed E-state index contributed by atoms with van der Waals surface area (Å²) in [6, 6.07) is 0. The molecule has 0 rings (SSSR count). The van der Waals surface area contributed by atoms with Gasteiger partial charge in [0.05, 0.1) is 0 Å². The summed E-state index contributed by atoms with van der Waals surface area (Å²) >= 11 is 0. The molecule has 28 heavy (non-hydrogen) atoms. The van der Waals surface area contributed by atoms with Gasteiger partial charge in [-0.1, -0.05) is 53.4 Å². The average molecular weight is 687 g/mol. The van der Waals surface area contributed by atoms with Gasteiger partial charge in [-0.15, -0.1) is 0 Å². The van der Waals surface area contributed by atoms with E-state index in [9.17, 15) is 19.2 Å². The second-order valence-electron chi connectivity index (χ2n) is 4.69. The monoisotopic (exact) mass is 682 g/mol. The Bertz CT molecular complexity index is 291. The smallest absolute Gasteiger partial charge is 1.00 e. The maximum absolute atomic E-state index is 9.71. The molecule has 0 aromatic rings. The van der Waals surface area contributed by atoms with Crippen LogP contribution < -0.4 is 34.0 Å². The van der Waals surface area contributed by atoms with Gasteiger partial charge >= 0.3 is 52.4 Å². The van der Waals surface area contributed by atoms with Crippen LogP contribution in [0.3, 0.4) is 0 Å². The molecule has 12 heteroatoms. The van der Waals surface area contributed by atoms with Gasteiger partial charge in [0.2, 0.25) is 0 Å². The van der Waals surface area contributed by atoms with Gasteiger partial charge in [-0.2, -0.15) is 0 Å². The van der Waals surface area contributed by atoms with Crippen LogP contribution in [0, 0.1) is 0 Å². The molecule has 8 nitrogen and oxygen atoms in total. The van der Waals surface area contributed by atoms with Crippen molar-refractivity contribution in [1.82, 2.24) is 0 Å². The van der Waals surface area contributed by atoms with E-state index in [-0.39, 0.29) is 86.4 Å². The predicted octanol–water partition coefficient (Wildman–Crippen LogP) is -0.536. The van der Waals surface area contributed by atoms with E-state index in [4.69, 9.17) is 22.9 Å². The van der Waals surface area contributed by atoms with Crippen LogP contribution in [0.5, 0.6) is 0 Å². The summed E-state index contributed by atoms with van der Waals surface area (Å²) in [5.41, 5.74) is 25.4. The first-order valence-electron chi connectivity index (χ1n) is 8.06. The SMILES string of the molecule is CCCC([NH-])=O.CCCC([NH-])=O.CCCC([NH-])=O.CCCC([NH-])=O.[Br-].[Br-].[Zr+3].[Zr+3]. The van der Waals surface area contributed by atoms with Gasteiger partial charge in [-0.25, -0.2) is 0 Å². The van der Waals surface area contributed by atoms with Gasteiger partial charge in [0.15, 0.2) is 0 Å². The molecule has 4 N–H and O–H groups in total. The number of rotatable bonds is 8. The number of halogens is 2. The van der Waals surface area contributed by atoms with Gasteiger partial charge in [0.25, 0.3) is 0 Å².